The normalized spacial score (nSPS) is 14.5. The molecule has 4 heteroatoms. The standard InChI is InChI=1S/C14H23NO3/c1-3-6-18-9-12(8-16)11-5-4-10(2)13(7-11)14(15)17/h4-5,7,12,14,16-17H,3,6,8-9,15H2,1-2H3. The van der Waals surface area contributed by atoms with Crippen LogP contribution < -0.4 is 5.73 Å². The highest BCUT2D eigenvalue weighted by Gasteiger charge is 2.14. The maximum absolute atomic E-state index is 9.48. The number of hydrogen-bond donors (Lipinski definition) is 3. The van der Waals surface area contributed by atoms with E-state index in [0.717, 1.165) is 17.5 Å². The summed E-state index contributed by atoms with van der Waals surface area (Å²) in [5.41, 5.74) is 8.09. The van der Waals surface area contributed by atoms with Crippen molar-refractivity contribution in [2.24, 2.45) is 5.73 Å². The molecule has 0 radical (unpaired) electrons. The molecule has 18 heavy (non-hydrogen) atoms. The number of aliphatic hydroxyl groups is 2. The molecule has 0 aliphatic heterocycles. The Morgan fingerprint density at radius 3 is 2.67 bits per heavy atom. The summed E-state index contributed by atoms with van der Waals surface area (Å²) in [4.78, 5) is 0. The van der Waals surface area contributed by atoms with Gasteiger partial charge >= 0.3 is 0 Å². The van der Waals surface area contributed by atoms with E-state index in [0.29, 0.717) is 18.8 Å². The predicted molar refractivity (Wildman–Crippen MR) is 71.3 cm³/mol. The molecule has 2 unspecified atom stereocenters. The second kappa shape index (κ2) is 7.48. The van der Waals surface area contributed by atoms with Gasteiger partial charge in [-0.05, 0) is 30.0 Å². The Morgan fingerprint density at radius 2 is 2.11 bits per heavy atom. The van der Waals surface area contributed by atoms with Gasteiger partial charge < -0.3 is 20.7 Å². The molecule has 1 rings (SSSR count). The fraction of sp³-hybridized carbons (Fsp3) is 0.571. The van der Waals surface area contributed by atoms with Crippen LogP contribution in [0.1, 0.15) is 42.2 Å². The molecule has 0 spiro atoms. The minimum atomic E-state index is -0.985. The van der Waals surface area contributed by atoms with E-state index in [9.17, 15) is 10.2 Å². The quantitative estimate of drug-likeness (QED) is 0.508. The van der Waals surface area contributed by atoms with Crippen molar-refractivity contribution in [3.05, 3.63) is 34.9 Å². The van der Waals surface area contributed by atoms with Gasteiger partial charge in [0.1, 0.15) is 6.23 Å². The van der Waals surface area contributed by atoms with E-state index in [1.54, 1.807) is 0 Å². The Morgan fingerprint density at radius 1 is 1.39 bits per heavy atom. The summed E-state index contributed by atoms with van der Waals surface area (Å²) in [5.74, 6) is -0.0744. The van der Waals surface area contributed by atoms with Crippen molar-refractivity contribution < 1.29 is 14.9 Å². The maximum atomic E-state index is 9.48. The Labute approximate surface area is 108 Å². The Hall–Kier alpha value is -0.940. The Kier molecular flexibility index (Phi) is 6.29. The van der Waals surface area contributed by atoms with Crippen molar-refractivity contribution in [3.8, 4) is 0 Å². The van der Waals surface area contributed by atoms with Crippen molar-refractivity contribution >= 4 is 0 Å². The number of ether oxygens (including phenoxy) is 1. The lowest BCUT2D eigenvalue weighted by atomic mass is 9.95. The average Bonchev–Trinajstić information content (AvgIpc) is 2.35. The highest BCUT2D eigenvalue weighted by molar-refractivity contribution is 5.34. The Balaban J connectivity index is 2.82. The van der Waals surface area contributed by atoms with Gasteiger partial charge in [-0.1, -0.05) is 25.1 Å². The molecule has 0 saturated heterocycles. The van der Waals surface area contributed by atoms with Gasteiger partial charge in [0.15, 0.2) is 0 Å². The lowest BCUT2D eigenvalue weighted by Gasteiger charge is -2.18. The molecule has 0 aromatic heterocycles. The zero-order valence-electron chi connectivity index (χ0n) is 11.1. The van der Waals surface area contributed by atoms with Gasteiger partial charge in [-0.2, -0.15) is 0 Å². The molecule has 0 heterocycles. The number of benzene rings is 1. The van der Waals surface area contributed by atoms with Gasteiger partial charge in [0.05, 0.1) is 13.2 Å². The lowest BCUT2D eigenvalue weighted by molar-refractivity contribution is 0.0997. The van der Waals surface area contributed by atoms with E-state index >= 15 is 0 Å². The van der Waals surface area contributed by atoms with Gasteiger partial charge in [0, 0.05) is 12.5 Å². The molecule has 0 amide bonds. The maximum Gasteiger partial charge on any atom is 0.128 e. The first-order valence-corrected chi connectivity index (χ1v) is 6.32. The van der Waals surface area contributed by atoms with Gasteiger partial charge in [-0.15, -0.1) is 0 Å². The number of rotatable bonds is 7. The summed E-state index contributed by atoms with van der Waals surface area (Å²) >= 11 is 0. The summed E-state index contributed by atoms with van der Waals surface area (Å²) in [7, 11) is 0. The average molecular weight is 253 g/mol. The third kappa shape index (κ3) is 4.07. The van der Waals surface area contributed by atoms with Crippen LogP contribution in [-0.4, -0.2) is 30.0 Å². The first-order chi connectivity index (χ1) is 8.60. The van der Waals surface area contributed by atoms with Crippen molar-refractivity contribution in [2.75, 3.05) is 19.8 Å². The molecule has 0 saturated carbocycles. The zero-order valence-corrected chi connectivity index (χ0v) is 11.1. The molecule has 0 aliphatic carbocycles. The molecule has 0 bridgehead atoms. The number of hydrogen-bond acceptors (Lipinski definition) is 4. The topological polar surface area (TPSA) is 75.7 Å². The predicted octanol–water partition coefficient (Wildman–Crippen LogP) is 1.45. The Bertz CT molecular complexity index is 366. The summed E-state index contributed by atoms with van der Waals surface area (Å²) in [5, 5.41) is 18.9. The van der Waals surface area contributed by atoms with Crippen LogP contribution >= 0.6 is 0 Å². The van der Waals surface area contributed by atoms with Gasteiger partial charge in [-0.25, -0.2) is 0 Å². The smallest absolute Gasteiger partial charge is 0.128 e. The second-order valence-electron chi connectivity index (χ2n) is 4.52. The summed E-state index contributed by atoms with van der Waals surface area (Å²) in [6, 6.07) is 5.69. The highest BCUT2D eigenvalue weighted by Crippen LogP contribution is 2.22. The first kappa shape index (κ1) is 15.1. The highest BCUT2D eigenvalue weighted by atomic mass is 16.5. The van der Waals surface area contributed by atoms with Crippen molar-refractivity contribution in [1.82, 2.24) is 0 Å². The minimum absolute atomic E-state index is 0.0207. The van der Waals surface area contributed by atoms with E-state index in [1.807, 2.05) is 32.0 Å². The van der Waals surface area contributed by atoms with Crippen molar-refractivity contribution in [1.29, 1.82) is 0 Å². The summed E-state index contributed by atoms with van der Waals surface area (Å²) in [6.45, 7) is 5.13. The van der Waals surface area contributed by atoms with Crippen LogP contribution in [0.15, 0.2) is 18.2 Å². The van der Waals surface area contributed by atoms with Gasteiger partial charge in [-0.3, -0.25) is 0 Å². The van der Waals surface area contributed by atoms with Gasteiger partial charge in [0.2, 0.25) is 0 Å². The summed E-state index contributed by atoms with van der Waals surface area (Å²) in [6.07, 6.45) is -0.0282. The molecule has 0 aliphatic rings. The van der Waals surface area contributed by atoms with Crippen LogP contribution in [0.4, 0.5) is 0 Å². The first-order valence-electron chi connectivity index (χ1n) is 6.32. The summed E-state index contributed by atoms with van der Waals surface area (Å²) < 4.78 is 5.47. The number of aryl methyl sites for hydroxylation is 1. The van der Waals surface area contributed by atoms with Crippen LogP contribution in [0.25, 0.3) is 0 Å². The van der Waals surface area contributed by atoms with Crippen LogP contribution in [-0.2, 0) is 4.74 Å². The largest absolute Gasteiger partial charge is 0.396 e. The monoisotopic (exact) mass is 253 g/mol. The SMILES string of the molecule is CCCOCC(CO)c1ccc(C)c(C(N)O)c1. The van der Waals surface area contributed by atoms with E-state index in [4.69, 9.17) is 10.5 Å². The number of nitrogens with two attached hydrogens (primary N) is 1. The molecular formula is C14H23NO3. The van der Waals surface area contributed by atoms with Crippen molar-refractivity contribution in [3.63, 3.8) is 0 Å². The van der Waals surface area contributed by atoms with E-state index in [1.165, 1.54) is 0 Å². The molecular weight excluding hydrogens is 230 g/mol. The fourth-order valence-corrected chi connectivity index (χ4v) is 1.86. The van der Waals surface area contributed by atoms with E-state index in [2.05, 4.69) is 0 Å². The fourth-order valence-electron chi connectivity index (χ4n) is 1.86. The third-order valence-electron chi connectivity index (χ3n) is 2.98. The third-order valence-corrected chi connectivity index (χ3v) is 2.98. The molecule has 2 atom stereocenters. The van der Waals surface area contributed by atoms with Gasteiger partial charge in [0.25, 0.3) is 0 Å². The molecule has 1 aromatic rings. The molecule has 1 aromatic carbocycles. The van der Waals surface area contributed by atoms with Crippen LogP contribution in [0.3, 0.4) is 0 Å². The van der Waals surface area contributed by atoms with E-state index in [-0.39, 0.29) is 12.5 Å². The molecule has 4 N–H and O–H groups in total. The number of aliphatic hydroxyl groups excluding tert-OH is 2. The molecule has 0 fully saturated rings. The van der Waals surface area contributed by atoms with Crippen molar-refractivity contribution in [2.45, 2.75) is 32.4 Å². The minimum Gasteiger partial charge on any atom is -0.396 e. The van der Waals surface area contributed by atoms with Crippen LogP contribution in [0.2, 0.25) is 0 Å². The van der Waals surface area contributed by atoms with E-state index < -0.39 is 6.23 Å². The zero-order chi connectivity index (χ0) is 13.5. The lowest BCUT2D eigenvalue weighted by Crippen LogP contribution is -2.15. The molecule has 4 nitrogen and oxygen atoms in total. The van der Waals surface area contributed by atoms with Crippen LogP contribution in [0.5, 0.6) is 0 Å². The second-order valence-corrected chi connectivity index (χ2v) is 4.52. The van der Waals surface area contributed by atoms with Crippen LogP contribution in [0, 0.1) is 6.92 Å². The molecule has 102 valence electrons.